The lowest BCUT2D eigenvalue weighted by atomic mass is 9.97. The molecule has 0 spiro atoms. The molecule has 0 radical (unpaired) electrons. The third-order valence-corrected chi connectivity index (χ3v) is 3.22. The van der Waals surface area contributed by atoms with Crippen LogP contribution in [0.25, 0.3) is 5.76 Å². The Balaban J connectivity index is 2.06. The molecule has 2 aliphatic rings. The molecule has 0 aromatic heterocycles. The highest BCUT2D eigenvalue weighted by atomic mass is 16.5. The van der Waals surface area contributed by atoms with E-state index in [1.165, 1.54) is 30.4 Å². The van der Waals surface area contributed by atoms with Crippen molar-refractivity contribution < 1.29 is 30.3 Å². The summed E-state index contributed by atoms with van der Waals surface area (Å²) < 4.78 is 5.56. The second kappa shape index (κ2) is 4.52. The molecule has 0 bridgehead atoms. The Kier molecular flexibility index (Phi) is 2.79. The van der Waals surface area contributed by atoms with Gasteiger partial charge in [-0.25, -0.2) is 0 Å². The van der Waals surface area contributed by atoms with Gasteiger partial charge in [0.1, 0.15) is 17.6 Å². The van der Waals surface area contributed by atoms with Crippen molar-refractivity contribution in [1.29, 1.82) is 0 Å². The number of allylic oxidation sites excluding steroid dienone is 2. The first-order chi connectivity index (χ1) is 9.95. The van der Waals surface area contributed by atoms with Crippen LogP contribution in [0.3, 0.4) is 0 Å². The van der Waals surface area contributed by atoms with Gasteiger partial charge < -0.3 is 30.3 Å². The fourth-order valence-corrected chi connectivity index (χ4v) is 2.20. The van der Waals surface area contributed by atoms with Gasteiger partial charge in [-0.2, -0.15) is 0 Å². The fourth-order valence-electron chi connectivity index (χ4n) is 2.20. The van der Waals surface area contributed by atoms with Crippen LogP contribution < -0.4 is 0 Å². The maximum absolute atomic E-state index is 10.0. The summed E-state index contributed by atoms with van der Waals surface area (Å²) in [6, 6.07) is 3.96. The predicted molar refractivity (Wildman–Crippen MR) is 73.7 cm³/mol. The molecule has 1 aliphatic heterocycles. The standard InChI is InChI=1S/C15H12O6/c16-8-4-11(18)9-6-13(20)15(21-14(9)5-8)7-1-2-10(17)12(19)3-7/h1-6,14,16-20H. The Hall–Kier alpha value is -3.02. The fraction of sp³-hybridized carbons (Fsp3) is 0.0667. The highest BCUT2D eigenvalue weighted by molar-refractivity contribution is 5.69. The summed E-state index contributed by atoms with van der Waals surface area (Å²) >= 11 is 0. The Labute approximate surface area is 119 Å². The topological polar surface area (TPSA) is 110 Å². The molecule has 6 heteroatoms. The molecule has 6 nitrogen and oxygen atoms in total. The van der Waals surface area contributed by atoms with Gasteiger partial charge >= 0.3 is 0 Å². The summed E-state index contributed by atoms with van der Waals surface area (Å²) in [5.41, 5.74) is 0.664. The van der Waals surface area contributed by atoms with E-state index in [0.29, 0.717) is 11.1 Å². The van der Waals surface area contributed by atoms with Gasteiger partial charge in [-0.05, 0) is 24.3 Å². The molecule has 1 unspecified atom stereocenters. The van der Waals surface area contributed by atoms with Crippen molar-refractivity contribution in [1.82, 2.24) is 0 Å². The Morgan fingerprint density at radius 2 is 1.67 bits per heavy atom. The molecule has 1 heterocycles. The summed E-state index contributed by atoms with van der Waals surface area (Å²) in [5, 5.41) is 48.0. The molecule has 0 amide bonds. The minimum Gasteiger partial charge on any atom is -0.508 e. The summed E-state index contributed by atoms with van der Waals surface area (Å²) in [4.78, 5) is 0. The van der Waals surface area contributed by atoms with E-state index in [4.69, 9.17) is 4.74 Å². The second-order valence-electron chi connectivity index (χ2n) is 4.68. The minimum absolute atomic E-state index is 0.0674. The Morgan fingerprint density at radius 1 is 0.905 bits per heavy atom. The smallest absolute Gasteiger partial charge is 0.169 e. The van der Waals surface area contributed by atoms with Crippen LogP contribution in [0.15, 0.2) is 59.3 Å². The average Bonchev–Trinajstić information content (AvgIpc) is 2.42. The van der Waals surface area contributed by atoms with E-state index in [0.717, 1.165) is 6.08 Å². The monoisotopic (exact) mass is 288 g/mol. The van der Waals surface area contributed by atoms with Gasteiger partial charge in [-0.3, -0.25) is 0 Å². The van der Waals surface area contributed by atoms with Gasteiger partial charge in [0.05, 0.1) is 0 Å². The molecule has 5 N–H and O–H groups in total. The van der Waals surface area contributed by atoms with Crippen molar-refractivity contribution >= 4 is 5.76 Å². The zero-order valence-electron chi connectivity index (χ0n) is 10.7. The van der Waals surface area contributed by atoms with Crippen molar-refractivity contribution in [2.75, 3.05) is 0 Å². The molecule has 108 valence electrons. The van der Waals surface area contributed by atoms with E-state index in [1.54, 1.807) is 0 Å². The molecule has 0 fully saturated rings. The van der Waals surface area contributed by atoms with Crippen LogP contribution in [0.2, 0.25) is 0 Å². The van der Waals surface area contributed by atoms with Crippen LogP contribution in [-0.4, -0.2) is 31.6 Å². The number of fused-ring (bicyclic) bond motifs is 1. The van der Waals surface area contributed by atoms with E-state index >= 15 is 0 Å². The minimum atomic E-state index is -0.753. The SMILES string of the molecule is OC1=CC2OC(c3ccc(O)c(O)c3)=C(O)C=C2C(O)=C1. The Bertz CT molecular complexity index is 739. The van der Waals surface area contributed by atoms with E-state index in [1.807, 2.05) is 0 Å². The number of aromatic hydroxyl groups is 2. The first-order valence-electron chi connectivity index (χ1n) is 6.11. The summed E-state index contributed by atoms with van der Waals surface area (Å²) in [6.07, 6.45) is 3.09. The van der Waals surface area contributed by atoms with Crippen molar-refractivity contribution in [2.45, 2.75) is 6.10 Å². The number of rotatable bonds is 1. The number of phenols is 2. The first kappa shape index (κ1) is 13.0. The van der Waals surface area contributed by atoms with Crippen molar-refractivity contribution in [3.63, 3.8) is 0 Å². The number of ether oxygens (including phenoxy) is 1. The van der Waals surface area contributed by atoms with Crippen molar-refractivity contribution in [2.24, 2.45) is 0 Å². The average molecular weight is 288 g/mol. The van der Waals surface area contributed by atoms with E-state index in [9.17, 15) is 25.5 Å². The zero-order valence-corrected chi connectivity index (χ0v) is 10.7. The molecule has 1 aromatic carbocycles. The van der Waals surface area contributed by atoms with Crippen LogP contribution >= 0.6 is 0 Å². The lowest BCUT2D eigenvalue weighted by molar-refractivity contribution is 0.206. The highest BCUT2D eigenvalue weighted by Gasteiger charge is 2.29. The van der Waals surface area contributed by atoms with Gasteiger partial charge in [0.25, 0.3) is 0 Å². The van der Waals surface area contributed by atoms with Gasteiger partial charge in [0, 0.05) is 23.3 Å². The van der Waals surface area contributed by atoms with E-state index in [-0.39, 0.29) is 34.5 Å². The number of hydrogen-bond acceptors (Lipinski definition) is 6. The molecule has 0 saturated carbocycles. The molecule has 1 aromatic rings. The number of hydrogen-bond donors (Lipinski definition) is 5. The van der Waals surface area contributed by atoms with Crippen molar-refractivity contribution in [3.05, 3.63) is 64.8 Å². The largest absolute Gasteiger partial charge is 0.508 e. The molecule has 1 aliphatic carbocycles. The molecular formula is C15H12O6. The van der Waals surface area contributed by atoms with Crippen LogP contribution in [0, 0.1) is 0 Å². The second-order valence-corrected chi connectivity index (χ2v) is 4.68. The zero-order chi connectivity index (χ0) is 15.1. The molecule has 3 rings (SSSR count). The molecule has 1 atom stereocenters. The van der Waals surface area contributed by atoms with Crippen LogP contribution in [0.1, 0.15) is 5.56 Å². The third-order valence-electron chi connectivity index (χ3n) is 3.22. The van der Waals surface area contributed by atoms with Gasteiger partial charge in [-0.15, -0.1) is 0 Å². The number of phenolic OH excluding ortho intramolecular Hbond substituents is 2. The lowest BCUT2D eigenvalue weighted by Gasteiger charge is -2.27. The predicted octanol–water partition coefficient (Wildman–Crippen LogP) is 2.55. The molecule has 0 saturated heterocycles. The van der Waals surface area contributed by atoms with Crippen molar-refractivity contribution in [3.8, 4) is 11.5 Å². The van der Waals surface area contributed by atoms with Crippen LogP contribution in [0.5, 0.6) is 11.5 Å². The van der Waals surface area contributed by atoms with Gasteiger partial charge in [0.2, 0.25) is 0 Å². The normalized spacial score (nSPS) is 21.0. The van der Waals surface area contributed by atoms with E-state index in [2.05, 4.69) is 0 Å². The van der Waals surface area contributed by atoms with Crippen LogP contribution in [0.4, 0.5) is 0 Å². The van der Waals surface area contributed by atoms with Crippen LogP contribution in [-0.2, 0) is 4.74 Å². The third kappa shape index (κ3) is 2.16. The number of aliphatic hydroxyl groups excluding tert-OH is 3. The summed E-state index contributed by atoms with van der Waals surface area (Å²) in [6.45, 7) is 0. The Morgan fingerprint density at radius 3 is 2.38 bits per heavy atom. The van der Waals surface area contributed by atoms with Gasteiger partial charge in [-0.1, -0.05) is 0 Å². The maximum atomic E-state index is 10.0. The summed E-state index contributed by atoms with van der Waals surface area (Å²) in [7, 11) is 0. The number of aliphatic hydroxyl groups is 3. The highest BCUT2D eigenvalue weighted by Crippen LogP contribution is 2.37. The molecule has 21 heavy (non-hydrogen) atoms. The lowest BCUT2D eigenvalue weighted by Crippen LogP contribution is -2.22. The number of benzene rings is 1. The van der Waals surface area contributed by atoms with Gasteiger partial charge in [0.15, 0.2) is 23.0 Å². The van der Waals surface area contributed by atoms with E-state index < -0.39 is 6.10 Å². The first-order valence-corrected chi connectivity index (χ1v) is 6.11. The molecular weight excluding hydrogens is 276 g/mol. The summed E-state index contributed by atoms with van der Waals surface area (Å²) in [5.74, 6) is -1.15. The quantitative estimate of drug-likeness (QED) is 0.508. The maximum Gasteiger partial charge on any atom is 0.169 e.